The summed E-state index contributed by atoms with van der Waals surface area (Å²) in [6.07, 6.45) is 0.603. The molecule has 0 N–H and O–H groups in total. The summed E-state index contributed by atoms with van der Waals surface area (Å²) in [4.78, 5) is 22.7. The van der Waals surface area contributed by atoms with Crippen molar-refractivity contribution in [1.82, 2.24) is 0 Å². The van der Waals surface area contributed by atoms with Gasteiger partial charge in [-0.3, -0.25) is 4.79 Å². The Labute approximate surface area is 135 Å². The lowest BCUT2D eigenvalue weighted by Crippen LogP contribution is -2.15. The van der Waals surface area contributed by atoms with E-state index in [-0.39, 0.29) is 0 Å². The fourth-order valence-corrected chi connectivity index (χ4v) is 2.74. The molecule has 8 heteroatoms. The number of esters is 1. The third kappa shape index (κ3) is 2.90. The third-order valence-electron chi connectivity index (χ3n) is 4.40. The highest BCUT2D eigenvalue weighted by Gasteiger charge is 2.62. The molecule has 0 heterocycles. The quantitative estimate of drug-likeness (QED) is 0.343. The second-order valence-electron chi connectivity index (χ2n) is 6.21. The lowest BCUT2D eigenvalue weighted by atomic mass is 10.1. The summed E-state index contributed by atoms with van der Waals surface area (Å²) in [5.41, 5.74) is -2.53. The van der Waals surface area contributed by atoms with Crippen molar-refractivity contribution in [3.63, 3.8) is 0 Å². The molecule has 1 fully saturated rings. The Morgan fingerprint density at radius 3 is 1.88 bits per heavy atom. The van der Waals surface area contributed by atoms with E-state index in [1.165, 1.54) is 0 Å². The smallest absolute Gasteiger partial charge is 0.310 e. The lowest BCUT2D eigenvalue weighted by molar-refractivity contribution is -0.148. The average Bonchev–Trinajstić information content (AvgIpc) is 3.10. The summed E-state index contributed by atoms with van der Waals surface area (Å²) in [7, 11) is 1.12. The number of hydrogen-bond donors (Lipinski definition) is 0. The Morgan fingerprint density at radius 1 is 1.04 bits per heavy atom. The maximum Gasteiger partial charge on any atom is 0.310 e. The Bertz CT molecular complexity index is 658. The first-order valence-electron chi connectivity index (χ1n) is 7.13. The van der Waals surface area contributed by atoms with Crippen molar-refractivity contribution in [2.45, 2.75) is 27.1 Å². The summed E-state index contributed by atoms with van der Waals surface area (Å²) < 4.78 is 64.6. The Balaban J connectivity index is 2.19. The number of benzene rings is 1. The SMILES string of the molecule is COCc1c(F)c(F)c(COC(=O)[C@@H]2[C@@H](C=O)C2(C)C)c(F)c1F. The van der Waals surface area contributed by atoms with E-state index in [2.05, 4.69) is 4.74 Å². The molecule has 0 radical (unpaired) electrons. The van der Waals surface area contributed by atoms with Crippen molar-refractivity contribution < 1.29 is 36.6 Å². The molecular weight excluding hydrogens is 332 g/mol. The van der Waals surface area contributed by atoms with E-state index in [1.807, 2.05) is 0 Å². The van der Waals surface area contributed by atoms with Crippen LogP contribution in [0.4, 0.5) is 17.6 Å². The van der Waals surface area contributed by atoms with Gasteiger partial charge in [0.15, 0.2) is 23.3 Å². The molecule has 1 aromatic rings. The summed E-state index contributed by atoms with van der Waals surface area (Å²) in [5.74, 6) is -8.64. The van der Waals surface area contributed by atoms with Gasteiger partial charge in [0.05, 0.1) is 23.7 Å². The molecule has 0 aliphatic heterocycles. The van der Waals surface area contributed by atoms with Crippen LogP contribution in [-0.2, 0) is 32.3 Å². The van der Waals surface area contributed by atoms with Gasteiger partial charge in [0.25, 0.3) is 0 Å². The first-order chi connectivity index (χ1) is 11.2. The molecule has 2 atom stereocenters. The van der Waals surface area contributed by atoms with Gasteiger partial charge in [0.1, 0.15) is 12.9 Å². The molecule has 0 amide bonds. The number of methoxy groups -OCH3 is 1. The van der Waals surface area contributed by atoms with Crippen LogP contribution in [0, 0.1) is 40.5 Å². The lowest BCUT2D eigenvalue weighted by Gasteiger charge is -2.12. The van der Waals surface area contributed by atoms with Crippen LogP contribution in [0.3, 0.4) is 0 Å². The van der Waals surface area contributed by atoms with Crippen LogP contribution >= 0.6 is 0 Å². The van der Waals surface area contributed by atoms with Crippen molar-refractivity contribution >= 4 is 12.3 Å². The van der Waals surface area contributed by atoms with Crippen molar-refractivity contribution in [1.29, 1.82) is 0 Å². The van der Waals surface area contributed by atoms with Gasteiger partial charge in [0, 0.05) is 13.0 Å². The predicted molar refractivity (Wildman–Crippen MR) is 73.6 cm³/mol. The number of carbonyl (C=O) groups is 2. The Morgan fingerprint density at radius 2 is 1.50 bits per heavy atom. The number of carbonyl (C=O) groups excluding carboxylic acids is 2. The maximum absolute atomic E-state index is 13.9. The summed E-state index contributed by atoms with van der Waals surface area (Å²) in [5, 5.41) is 0. The maximum atomic E-state index is 13.9. The first kappa shape index (κ1) is 18.4. The molecule has 1 saturated carbocycles. The fourth-order valence-electron chi connectivity index (χ4n) is 2.74. The molecular formula is C16H16F4O4. The molecule has 1 aliphatic rings. The molecule has 0 unspecified atom stereocenters. The number of rotatable bonds is 6. The van der Waals surface area contributed by atoms with Crippen LogP contribution in [0.1, 0.15) is 25.0 Å². The second kappa shape index (κ2) is 6.51. The molecule has 132 valence electrons. The van der Waals surface area contributed by atoms with Crippen LogP contribution in [-0.4, -0.2) is 19.4 Å². The standard InChI is InChI=1S/C16H16F4O4/c1-16(2)9(4-21)10(16)15(22)24-6-8-13(19)11(17)7(5-23-3)12(18)14(8)20/h4,9-10H,5-6H2,1-3H3/t9-,10+/m1/s1. The van der Waals surface area contributed by atoms with Gasteiger partial charge in [-0.2, -0.15) is 0 Å². The normalized spacial score (nSPS) is 21.5. The number of aldehydes is 1. The minimum atomic E-state index is -1.64. The van der Waals surface area contributed by atoms with Crippen LogP contribution in [0.15, 0.2) is 0 Å². The molecule has 0 aromatic heterocycles. The fraction of sp³-hybridized carbons (Fsp3) is 0.500. The average molecular weight is 348 g/mol. The van der Waals surface area contributed by atoms with E-state index in [4.69, 9.17) is 4.74 Å². The first-order valence-corrected chi connectivity index (χ1v) is 7.13. The number of ether oxygens (including phenoxy) is 2. The van der Waals surface area contributed by atoms with Crippen molar-refractivity contribution in [3.8, 4) is 0 Å². The topological polar surface area (TPSA) is 52.6 Å². The zero-order valence-electron chi connectivity index (χ0n) is 13.3. The van der Waals surface area contributed by atoms with Gasteiger partial charge in [-0.1, -0.05) is 13.8 Å². The van der Waals surface area contributed by atoms with E-state index in [0.717, 1.165) is 7.11 Å². The highest BCUT2D eigenvalue weighted by atomic mass is 19.2. The van der Waals surface area contributed by atoms with Crippen LogP contribution in [0.25, 0.3) is 0 Å². The molecule has 1 aliphatic carbocycles. The van der Waals surface area contributed by atoms with Gasteiger partial charge in [-0.25, -0.2) is 17.6 Å². The molecule has 4 nitrogen and oxygen atoms in total. The molecule has 0 spiro atoms. The van der Waals surface area contributed by atoms with Gasteiger partial charge in [0.2, 0.25) is 0 Å². The zero-order valence-corrected chi connectivity index (χ0v) is 13.3. The van der Waals surface area contributed by atoms with Crippen LogP contribution in [0.5, 0.6) is 0 Å². The second-order valence-corrected chi connectivity index (χ2v) is 6.21. The van der Waals surface area contributed by atoms with Gasteiger partial charge < -0.3 is 14.3 Å². The van der Waals surface area contributed by atoms with Crippen LogP contribution in [0.2, 0.25) is 0 Å². The highest BCUT2D eigenvalue weighted by Crippen LogP contribution is 2.57. The van der Waals surface area contributed by atoms with Gasteiger partial charge in [-0.15, -0.1) is 0 Å². The summed E-state index contributed by atoms with van der Waals surface area (Å²) in [6, 6.07) is 0. The van der Waals surface area contributed by atoms with Crippen molar-refractivity contribution in [2.75, 3.05) is 7.11 Å². The van der Waals surface area contributed by atoms with E-state index in [9.17, 15) is 27.2 Å². The summed E-state index contributed by atoms with van der Waals surface area (Å²) in [6.45, 7) is 1.70. The van der Waals surface area contributed by atoms with E-state index >= 15 is 0 Å². The van der Waals surface area contributed by atoms with Crippen LogP contribution < -0.4 is 0 Å². The molecule has 0 saturated heterocycles. The van der Waals surface area contributed by atoms with Gasteiger partial charge in [-0.05, 0) is 5.41 Å². The zero-order chi connectivity index (χ0) is 18.2. The molecule has 2 rings (SSSR count). The summed E-state index contributed by atoms with van der Waals surface area (Å²) >= 11 is 0. The minimum Gasteiger partial charge on any atom is -0.460 e. The molecule has 24 heavy (non-hydrogen) atoms. The molecule has 0 bridgehead atoms. The minimum absolute atomic E-state index is 0.558. The van der Waals surface area contributed by atoms with Crippen molar-refractivity contribution in [3.05, 3.63) is 34.4 Å². The van der Waals surface area contributed by atoms with E-state index < -0.39 is 70.8 Å². The Kier molecular flexibility index (Phi) is 4.98. The van der Waals surface area contributed by atoms with E-state index in [0.29, 0.717) is 6.29 Å². The molecule has 1 aromatic carbocycles. The predicted octanol–water partition coefficient (Wildman–Crippen LogP) is 2.90. The monoisotopic (exact) mass is 348 g/mol. The van der Waals surface area contributed by atoms with E-state index in [1.54, 1.807) is 13.8 Å². The Hall–Kier alpha value is -1.96. The highest BCUT2D eigenvalue weighted by molar-refractivity contribution is 5.84. The number of hydrogen-bond acceptors (Lipinski definition) is 4. The number of halogens is 4. The van der Waals surface area contributed by atoms with Crippen molar-refractivity contribution in [2.24, 2.45) is 17.3 Å². The largest absolute Gasteiger partial charge is 0.460 e. The third-order valence-corrected chi connectivity index (χ3v) is 4.40. The van der Waals surface area contributed by atoms with Gasteiger partial charge >= 0.3 is 5.97 Å².